The van der Waals surface area contributed by atoms with Crippen molar-refractivity contribution in [3.63, 3.8) is 0 Å². The molecule has 3 heterocycles. The number of morpholine rings is 1. The summed E-state index contributed by atoms with van der Waals surface area (Å²) in [5.41, 5.74) is 2.57. The number of hydrogen-bond acceptors (Lipinski definition) is 7. The summed E-state index contributed by atoms with van der Waals surface area (Å²) >= 11 is 1.45. The second-order valence-electron chi connectivity index (χ2n) is 5.56. The average Bonchev–Trinajstić information content (AvgIpc) is 3.09. The molecule has 124 valence electrons. The summed E-state index contributed by atoms with van der Waals surface area (Å²) in [5, 5.41) is 9.33. The van der Waals surface area contributed by atoms with Gasteiger partial charge in [-0.15, -0.1) is 11.3 Å². The molecule has 0 aliphatic carbocycles. The minimum absolute atomic E-state index is 0.105. The summed E-state index contributed by atoms with van der Waals surface area (Å²) in [4.78, 5) is 18.9. The smallest absolute Gasteiger partial charge is 0.230 e. The molecule has 0 spiro atoms. The summed E-state index contributed by atoms with van der Waals surface area (Å²) in [5.74, 6) is 0.580. The van der Waals surface area contributed by atoms with Crippen LogP contribution >= 0.6 is 11.3 Å². The molecule has 23 heavy (non-hydrogen) atoms. The molecule has 3 rings (SSSR count). The van der Waals surface area contributed by atoms with Gasteiger partial charge < -0.3 is 14.6 Å². The van der Waals surface area contributed by atoms with E-state index in [1.807, 2.05) is 19.2 Å². The maximum Gasteiger partial charge on any atom is 0.230 e. The fraction of sp³-hybridized carbons (Fsp3) is 0.533. The van der Waals surface area contributed by atoms with Crippen LogP contribution in [0.15, 0.2) is 9.90 Å². The number of rotatable bonds is 5. The molecule has 1 fully saturated rings. The van der Waals surface area contributed by atoms with Gasteiger partial charge in [-0.3, -0.25) is 9.69 Å². The van der Waals surface area contributed by atoms with E-state index in [1.165, 1.54) is 11.3 Å². The highest BCUT2D eigenvalue weighted by Crippen LogP contribution is 2.19. The van der Waals surface area contributed by atoms with Crippen LogP contribution in [0.3, 0.4) is 0 Å². The number of amides is 1. The Kier molecular flexibility index (Phi) is 5.04. The van der Waals surface area contributed by atoms with Gasteiger partial charge in [-0.25, -0.2) is 4.98 Å². The van der Waals surface area contributed by atoms with Crippen molar-refractivity contribution in [1.29, 1.82) is 0 Å². The van der Waals surface area contributed by atoms with Crippen LogP contribution in [0.5, 0.6) is 0 Å². The molecule has 0 saturated carbocycles. The fourth-order valence-electron chi connectivity index (χ4n) is 2.50. The van der Waals surface area contributed by atoms with Crippen LogP contribution in [0.4, 0.5) is 5.13 Å². The topological polar surface area (TPSA) is 80.5 Å². The molecular formula is C15H20N4O3S. The number of aryl methyl sites for hydroxylation is 2. The van der Waals surface area contributed by atoms with E-state index in [9.17, 15) is 4.79 Å². The summed E-state index contributed by atoms with van der Waals surface area (Å²) in [6.45, 7) is 7.82. The molecule has 0 unspecified atom stereocenters. The Morgan fingerprint density at radius 3 is 2.87 bits per heavy atom. The zero-order valence-corrected chi connectivity index (χ0v) is 14.1. The van der Waals surface area contributed by atoms with Crippen molar-refractivity contribution in [1.82, 2.24) is 15.0 Å². The lowest BCUT2D eigenvalue weighted by Gasteiger charge is -2.25. The van der Waals surface area contributed by atoms with Crippen molar-refractivity contribution in [2.24, 2.45) is 0 Å². The summed E-state index contributed by atoms with van der Waals surface area (Å²) in [7, 11) is 0. The van der Waals surface area contributed by atoms with E-state index >= 15 is 0 Å². The number of aromatic nitrogens is 2. The molecule has 2 aromatic heterocycles. The van der Waals surface area contributed by atoms with Crippen LogP contribution in [0.25, 0.3) is 0 Å². The molecule has 1 aliphatic rings. The minimum atomic E-state index is -0.105. The number of nitrogens with one attached hydrogen (secondary N) is 1. The second-order valence-corrected chi connectivity index (χ2v) is 6.42. The number of hydrogen-bond donors (Lipinski definition) is 1. The SMILES string of the molecule is Cc1noc(C)c1CC(=O)Nc1nc(CN2CCOCC2)cs1. The first kappa shape index (κ1) is 16.1. The Morgan fingerprint density at radius 2 is 2.17 bits per heavy atom. The summed E-state index contributed by atoms with van der Waals surface area (Å²) in [6.07, 6.45) is 0.250. The Hall–Kier alpha value is -1.77. The van der Waals surface area contributed by atoms with Crippen molar-refractivity contribution < 1.29 is 14.1 Å². The Balaban J connectivity index is 1.55. The fourth-order valence-corrected chi connectivity index (χ4v) is 3.22. The molecule has 1 aliphatic heterocycles. The molecule has 1 saturated heterocycles. The van der Waals surface area contributed by atoms with Crippen LogP contribution in [-0.2, 0) is 22.5 Å². The number of anilines is 1. The van der Waals surface area contributed by atoms with Gasteiger partial charge in [0, 0.05) is 30.6 Å². The van der Waals surface area contributed by atoms with E-state index < -0.39 is 0 Å². The lowest BCUT2D eigenvalue weighted by Crippen LogP contribution is -2.35. The predicted molar refractivity (Wildman–Crippen MR) is 86.5 cm³/mol. The van der Waals surface area contributed by atoms with Crippen LogP contribution in [0.2, 0.25) is 0 Å². The van der Waals surface area contributed by atoms with Crippen molar-refractivity contribution in [2.75, 3.05) is 31.6 Å². The zero-order chi connectivity index (χ0) is 16.2. The van der Waals surface area contributed by atoms with E-state index in [4.69, 9.17) is 9.26 Å². The van der Waals surface area contributed by atoms with Gasteiger partial charge >= 0.3 is 0 Å². The molecule has 0 aromatic carbocycles. The molecule has 0 atom stereocenters. The van der Waals surface area contributed by atoms with Gasteiger partial charge in [-0.05, 0) is 13.8 Å². The van der Waals surface area contributed by atoms with Crippen molar-refractivity contribution in [3.8, 4) is 0 Å². The van der Waals surface area contributed by atoms with Gasteiger partial charge in [0.05, 0.1) is 31.0 Å². The monoisotopic (exact) mass is 336 g/mol. The maximum atomic E-state index is 12.1. The first-order valence-corrected chi connectivity index (χ1v) is 8.46. The average molecular weight is 336 g/mol. The first-order chi connectivity index (χ1) is 11.1. The Bertz CT molecular complexity index is 657. The summed E-state index contributed by atoms with van der Waals surface area (Å²) in [6, 6.07) is 0. The van der Waals surface area contributed by atoms with Gasteiger partial charge in [-0.2, -0.15) is 0 Å². The maximum absolute atomic E-state index is 12.1. The largest absolute Gasteiger partial charge is 0.379 e. The molecule has 1 amide bonds. The standard InChI is InChI=1S/C15H20N4O3S/c1-10-13(11(2)22-18-10)7-14(20)17-15-16-12(9-23-15)8-19-3-5-21-6-4-19/h9H,3-8H2,1-2H3,(H,16,17,20). The molecule has 1 N–H and O–H groups in total. The third-order valence-electron chi connectivity index (χ3n) is 3.81. The molecule has 7 nitrogen and oxygen atoms in total. The predicted octanol–water partition coefficient (Wildman–Crippen LogP) is 1.76. The Morgan fingerprint density at radius 1 is 1.39 bits per heavy atom. The van der Waals surface area contributed by atoms with Gasteiger partial charge in [0.2, 0.25) is 5.91 Å². The molecule has 8 heteroatoms. The van der Waals surface area contributed by atoms with E-state index in [0.29, 0.717) is 10.9 Å². The Labute approximate surface area is 138 Å². The lowest BCUT2D eigenvalue weighted by atomic mass is 10.1. The van der Waals surface area contributed by atoms with E-state index in [0.717, 1.165) is 49.8 Å². The second kappa shape index (κ2) is 7.20. The van der Waals surface area contributed by atoms with Gasteiger partial charge in [-0.1, -0.05) is 5.16 Å². The highest BCUT2D eigenvalue weighted by atomic mass is 32.1. The highest BCUT2D eigenvalue weighted by molar-refractivity contribution is 7.13. The van der Waals surface area contributed by atoms with Crippen molar-refractivity contribution >= 4 is 22.4 Å². The van der Waals surface area contributed by atoms with Gasteiger partial charge in [0.25, 0.3) is 0 Å². The molecule has 0 radical (unpaired) electrons. The summed E-state index contributed by atoms with van der Waals surface area (Å²) < 4.78 is 10.4. The number of ether oxygens (including phenoxy) is 1. The highest BCUT2D eigenvalue weighted by Gasteiger charge is 2.16. The number of carbonyl (C=O) groups is 1. The third-order valence-corrected chi connectivity index (χ3v) is 4.61. The normalized spacial score (nSPS) is 15.7. The van der Waals surface area contributed by atoms with Gasteiger partial charge in [0.15, 0.2) is 5.13 Å². The number of carbonyl (C=O) groups excluding carboxylic acids is 1. The number of nitrogens with zero attached hydrogens (tertiary/aromatic N) is 3. The van der Waals surface area contributed by atoms with E-state index in [2.05, 4.69) is 20.4 Å². The van der Waals surface area contributed by atoms with Crippen molar-refractivity contribution in [3.05, 3.63) is 28.1 Å². The molecular weight excluding hydrogens is 316 g/mol. The van der Waals surface area contributed by atoms with Crippen LogP contribution in [-0.4, -0.2) is 47.3 Å². The first-order valence-electron chi connectivity index (χ1n) is 7.58. The molecule has 0 bridgehead atoms. The number of thiazole rings is 1. The van der Waals surface area contributed by atoms with Gasteiger partial charge in [0.1, 0.15) is 5.76 Å². The quantitative estimate of drug-likeness (QED) is 0.896. The van der Waals surface area contributed by atoms with E-state index in [1.54, 1.807) is 0 Å². The molecule has 2 aromatic rings. The zero-order valence-electron chi connectivity index (χ0n) is 13.3. The van der Waals surface area contributed by atoms with Crippen LogP contribution in [0, 0.1) is 13.8 Å². The third kappa shape index (κ3) is 4.15. The lowest BCUT2D eigenvalue weighted by molar-refractivity contribution is -0.115. The van der Waals surface area contributed by atoms with Crippen LogP contribution < -0.4 is 5.32 Å². The minimum Gasteiger partial charge on any atom is -0.379 e. The van der Waals surface area contributed by atoms with Crippen molar-refractivity contribution in [2.45, 2.75) is 26.8 Å². The van der Waals surface area contributed by atoms with Crippen LogP contribution in [0.1, 0.15) is 22.7 Å². The van der Waals surface area contributed by atoms with E-state index in [-0.39, 0.29) is 12.3 Å².